The van der Waals surface area contributed by atoms with Crippen LogP contribution in [0.15, 0.2) is 42.1 Å². The van der Waals surface area contributed by atoms with Crippen molar-refractivity contribution in [2.24, 2.45) is 0 Å². The summed E-state index contributed by atoms with van der Waals surface area (Å²) in [5, 5.41) is 0. The minimum atomic E-state index is -4.40. The highest BCUT2D eigenvalue weighted by Gasteiger charge is 2.38. The Bertz CT molecular complexity index is 619. The number of anilines is 1. The second-order valence-electron chi connectivity index (χ2n) is 4.75. The fourth-order valence-electron chi connectivity index (χ4n) is 2.53. The molecule has 0 saturated carbocycles. The van der Waals surface area contributed by atoms with Gasteiger partial charge in [-0.25, -0.2) is 4.98 Å². The van der Waals surface area contributed by atoms with Crippen molar-refractivity contribution in [1.29, 1.82) is 0 Å². The number of allylic oxidation sites excluding steroid dienone is 2. The van der Waals surface area contributed by atoms with Crippen LogP contribution in [0.2, 0.25) is 0 Å². The van der Waals surface area contributed by atoms with E-state index >= 15 is 0 Å². The van der Waals surface area contributed by atoms with E-state index in [1.165, 1.54) is 17.2 Å². The van der Waals surface area contributed by atoms with Gasteiger partial charge in [0.2, 0.25) is 5.91 Å². The average molecular weight is 280 g/mol. The summed E-state index contributed by atoms with van der Waals surface area (Å²) in [4.78, 5) is 17.5. The molecule has 104 valence electrons. The number of amides is 1. The summed E-state index contributed by atoms with van der Waals surface area (Å²) in [5.41, 5.74) is 0.0416. The van der Waals surface area contributed by atoms with Gasteiger partial charge in [0.25, 0.3) is 0 Å². The van der Waals surface area contributed by atoms with E-state index in [1.807, 2.05) is 0 Å². The van der Waals surface area contributed by atoms with Gasteiger partial charge in [0.05, 0.1) is 18.0 Å². The minimum absolute atomic E-state index is 0.193. The molecule has 1 aliphatic heterocycles. The number of fused-ring (bicyclic) bond motifs is 1. The van der Waals surface area contributed by atoms with E-state index in [4.69, 9.17) is 0 Å². The van der Waals surface area contributed by atoms with Gasteiger partial charge in [-0.3, -0.25) is 9.69 Å². The first-order valence-corrected chi connectivity index (χ1v) is 6.18. The number of alkyl halides is 3. The van der Waals surface area contributed by atoms with Gasteiger partial charge < -0.3 is 0 Å². The smallest absolute Gasteiger partial charge is 0.289 e. The molecule has 1 amide bonds. The topological polar surface area (TPSA) is 33.2 Å². The molecule has 2 heterocycles. The Morgan fingerprint density at radius 2 is 2.15 bits per heavy atom. The predicted molar refractivity (Wildman–Crippen MR) is 67.1 cm³/mol. The fourth-order valence-corrected chi connectivity index (χ4v) is 2.53. The number of halogens is 3. The van der Waals surface area contributed by atoms with E-state index in [-0.39, 0.29) is 12.3 Å². The number of nitrogens with zero attached hydrogens (tertiary/aromatic N) is 2. The zero-order chi connectivity index (χ0) is 14.3. The van der Waals surface area contributed by atoms with Gasteiger partial charge in [-0.1, -0.05) is 18.2 Å². The summed E-state index contributed by atoms with van der Waals surface area (Å²) in [6, 6.07) is 2.86. The van der Waals surface area contributed by atoms with Crippen LogP contribution in [0.4, 0.5) is 19.0 Å². The lowest BCUT2D eigenvalue weighted by Crippen LogP contribution is -2.38. The Hall–Kier alpha value is -2.11. The van der Waals surface area contributed by atoms with Gasteiger partial charge in [-0.05, 0) is 18.6 Å². The van der Waals surface area contributed by atoms with Gasteiger partial charge >= 0.3 is 6.18 Å². The van der Waals surface area contributed by atoms with Gasteiger partial charge in [0, 0.05) is 11.8 Å². The molecule has 1 atom stereocenters. The van der Waals surface area contributed by atoms with E-state index in [2.05, 4.69) is 4.98 Å². The van der Waals surface area contributed by atoms with Crippen LogP contribution in [-0.2, 0) is 11.2 Å². The molecular formula is C14H11F3N2O. The second kappa shape index (κ2) is 4.47. The highest BCUT2D eigenvalue weighted by molar-refractivity contribution is 6.01. The zero-order valence-corrected chi connectivity index (χ0v) is 10.4. The van der Waals surface area contributed by atoms with Crippen molar-refractivity contribution in [3.63, 3.8) is 0 Å². The monoisotopic (exact) mass is 280 g/mol. The van der Waals surface area contributed by atoms with Crippen molar-refractivity contribution in [2.75, 3.05) is 4.90 Å². The first kappa shape index (κ1) is 12.9. The van der Waals surface area contributed by atoms with Crippen LogP contribution in [0.5, 0.6) is 0 Å². The van der Waals surface area contributed by atoms with Crippen molar-refractivity contribution in [3.8, 4) is 0 Å². The second-order valence-corrected chi connectivity index (χ2v) is 4.75. The number of hydrogen-bond donors (Lipinski definition) is 0. The average Bonchev–Trinajstić information content (AvgIpc) is 2.73. The van der Waals surface area contributed by atoms with Crippen LogP contribution in [0.1, 0.15) is 12.0 Å². The minimum Gasteiger partial charge on any atom is -0.289 e. The van der Waals surface area contributed by atoms with Crippen molar-refractivity contribution in [3.05, 3.63) is 47.7 Å². The third kappa shape index (κ3) is 2.11. The van der Waals surface area contributed by atoms with Crippen molar-refractivity contribution < 1.29 is 18.0 Å². The number of hydrogen-bond acceptors (Lipinski definition) is 2. The zero-order valence-electron chi connectivity index (χ0n) is 10.4. The number of pyridine rings is 1. The first-order valence-electron chi connectivity index (χ1n) is 6.18. The molecule has 0 bridgehead atoms. The van der Waals surface area contributed by atoms with E-state index in [0.717, 1.165) is 17.7 Å². The Labute approximate surface area is 113 Å². The molecule has 0 fully saturated rings. The Morgan fingerprint density at radius 1 is 1.35 bits per heavy atom. The third-order valence-corrected chi connectivity index (χ3v) is 3.41. The van der Waals surface area contributed by atoms with E-state index in [1.54, 1.807) is 12.1 Å². The van der Waals surface area contributed by atoms with Crippen LogP contribution >= 0.6 is 0 Å². The third-order valence-electron chi connectivity index (χ3n) is 3.41. The van der Waals surface area contributed by atoms with E-state index in [9.17, 15) is 18.0 Å². The maximum atomic E-state index is 12.8. The lowest BCUT2D eigenvalue weighted by molar-refractivity contribution is -0.117. The number of carbonyl (C=O) groups is 1. The summed E-state index contributed by atoms with van der Waals surface area (Å²) in [6.45, 7) is 0. The number of rotatable bonds is 1. The van der Waals surface area contributed by atoms with Crippen molar-refractivity contribution >= 4 is 11.7 Å². The number of carbonyl (C=O) groups excluding carboxylic acids is 1. The van der Waals surface area contributed by atoms with Crippen molar-refractivity contribution in [1.82, 2.24) is 4.98 Å². The predicted octanol–water partition coefficient (Wildman–Crippen LogP) is 2.79. The Kier molecular flexibility index (Phi) is 2.88. The van der Waals surface area contributed by atoms with Crippen LogP contribution in [0.3, 0.4) is 0 Å². The maximum absolute atomic E-state index is 12.8. The normalized spacial score (nSPS) is 21.9. The van der Waals surface area contributed by atoms with Crippen LogP contribution in [-0.4, -0.2) is 23.1 Å². The largest absolute Gasteiger partial charge is 0.416 e. The molecule has 0 spiro atoms. The van der Waals surface area contributed by atoms with E-state index < -0.39 is 17.8 Å². The standard InChI is InChI=1S/C14H11F3N2O/c15-14(16,17)10-4-1-5-11(8-10)19-12(20)7-9-3-2-6-18-13(9)19/h1-4,6,8,11H,5,7H2. The van der Waals surface area contributed by atoms with Gasteiger partial charge in [0.15, 0.2) is 0 Å². The summed E-state index contributed by atoms with van der Waals surface area (Å²) < 4.78 is 38.3. The molecule has 3 rings (SSSR count). The summed E-state index contributed by atoms with van der Waals surface area (Å²) in [5.74, 6) is 0.257. The Morgan fingerprint density at radius 3 is 2.90 bits per heavy atom. The van der Waals surface area contributed by atoms with Crippen LogP contribution in [0.25, 0.3) is 0 Å². The van der Waals surface area contributed by atoms with Crippen LogP contribution in [0, 0.1) is 0 Å². The molecule has 0 N–H and O–H groups in total. The lowest BCUT2D eigenvalue weighted by atomic mass is 10.0. The molecule has 1 aromatic rings. The molecular weight excluding hydrogens is 269 g/mol. The van der Waals surface area contributed by atoms with Crippen LogP contribution < -0.4 is 4.90 Å². The molecule has 1 aromatic heterocycles. The summed E-state index contributed by atoms with van der Waals surface area (Å²) in [6.07, 6.45) is 1.29. The van der Waals surface area contributed by atoms with Gasteiger partial charge in [-0.2, -0.15) is 13.2 Å². The SMILES string of the molecule is O=C1Cc2cccnc2N1C1C=C(C(F)(F)F)C=CC1. The van der Waals surface area contributed by atoms with Gasteiger partial charge in [-0.15, -0.1) is 0 Å². The molecule has 3 nitrogen and oxygen atoms in total. The summed E-state index contributed by atoms with van der Waals surface area (Å²) in [7, 11) is 0. The molecule has 20 heavy (non-hydrogen) atoms. The quantitative estimate of drug-likeness (QED) is 0.792. The molecule has 6 heteroatoms. The maximum Gasteiger partial charge on any atom is 0.416 e. The molecule has 0 saturated heterocycles. The number of aromatic nitrogens is 1. The molecule has 0 aromatic carbocycles. The fraction of sp³-hybridized carbons (Fsp3) is 0.286. The van der Waals surface area contributed by atoms with Crippen molar-refractivity contribution in [2.45, 2.75) is 25.1 Å². The highest BCUT2D eigenvalue weighted by Crippen LogP contribution is 2.34. The molecule has 1 aliphatic carbocycles. The first-order chi connectivity index (χ1) is 9.47. The summed E-state index contributed by atoms with van der Waals surface area (Å²) >= 11 is 0. The Balaban J connectivity index is 1.96. The van der Waals surface area contributed by atoms with E-state index in [0.29, 0.717) is 12.2 Å². The molecule has 2 aliphatic rings. The lowest BCUT2D eigenvalue weighted by Gasteiger charge is -2.27. The van der Waals surface area contributed by atoms with Gasteiger partial charge in [0.1, 0.15) is 5.82 Å². The molecule has 0 radical (unpaired) electrons. The molecule has 1 unspecified atom stereocenters. The highest BCUT2D eigenvalue weighted by atomic mass is 19.4.